The highest BCUT2D eigenvalue weighted by Crippen LogP contribution is 2.17. The van der Waals surface area contributed by atoms with E-state index in [1.165, 1.54) is 40.6 Å². The monoisotopic (exact) mass is 418 g/mol. The van der Waals surface area contributed by atoms with Crippen LogP contribution < -0.4 is 0 Å². The molecule has 29 heavy (non-hydrogen) atoms. The Bertz CT molecular complexity index is 950. The van der Waals surface area contributed by atoms with Crippen LogP contribution in [0.4, 0.5) is 0 Å². The molecule has 0 aromatic heterocycles. The minimum atomic E-state index is -3.56. The van der Waals surface area contributed by atoms with E-state index in [4.69, 9.17) is 0 Å². The molecule has 0 aliphatic rings. The molecule has 0 N–H and O–H groups in total. The Balaban J connectivity index is 2.11. The van der Waals surface area contributed by atoms with Crippen LogP contribution in [0, 0.1) is 0 Å². The van der Waals surface area contributed by atoms with Crippen molar-refractivity contribution in [2.24, 2.45) is 0 Å². The number of methoxy groups -OCH3 is 1. The molecule has 8 heteroatoms. The van der Waals surface area contributed by atoms with Crippen molar-refractivity contribution in [3.8, 4) is 0 Å². The van der Waals surface area contributed by atoms with Gasteiger partial charge in [0.05, 0.1) is 17.6 Å². The van der Waals surface area contributed by atoms with Crippen molar-refractivity contribution >= 4 is 21.9 Å². The third-order valence-electron chi connectivity index (χ3n) is 4.59. The quantitative estimate of drug-likeness (QED) is 0.616. The standard InChI is InChI=1S/C21H26N2O5S/c1-5-23(6-2)29(26,27)19-13-11-17(12-14-19)20(24)22(3)15-16-7-9-18(10-8-16)21(25)28-4/h7-14H,5-6,15H2,1-4H3. The molecule has 0 heterocycles. The summed E-state index contributed by atoms with van der Waals surface area (Å²) in [6.07, 6.45) is 0. The summed E-state index contributed by atoms with van der Waals surface area (Å²) < 4.78 is 31.1. The molecule has 1 amide bonds. The van der Waals surface area contributed by atoms with Crippen molar-refractivity contribution < 1.29 is 22.7 Å². The highest BCUT2D eigenvalue weighted by Gasteiger charge is 2.22. The van der Waals surface area contributed by atoms with Crippen molar-refractivity contribution in [2.75, 3.05) is 27.2 Å². The van der Waals surface area contributed by atoms with E-state index in [1.54, 1.807) is 45.2 Å². The molecule has 2 rings (SSSR count). The molecular formula is C21H26N2O5S. The zero-order chi connectivity index (χ0) is 21.6. The minimum Gasteiger partial charge on any atom is -0.465 e. The fourth-order valence-electron chi connectivity index (χ4n) is 2.91. The lowest BCUT2D eigenvalue weighted by Gasteiger charge is -2.19. The van der Waals surface area contributed by atoms with Gasteiger partial charge in [-0.1, -0.05) is 26.0 Å². The van der Waals surface area contributed by atoms with Crippen LogP contribution in [0.25, 0.3) is 0 Å². The number of ether oxygens (including phenoxy) is 1. The van der Waals surface area contributed by atoms with Gasteiger partial charge >= 0.3 is 5.97 Å². The smallest absolute Gasteiger partial charge is 0.337 e. The van der Waals surface area contributed by atoms with Crippen molar-refractivity contribution in [1.29, 1.82) is 0 Å². The van der Waals surface area contributed by atoms with E-state index in [2.05, 4.69) is 4.74 Å². The van der Waals surface area contributed by atoms with Crippen LogP contribution in [0.3, 0.4) is 0 Å². The normalized spacial score (nSPS) is 11.3. The van der Waals surface area contributed by atoms with Crippen LogP contribution in [-0.2, 0) is 21.3 Å². The molecule has 0 unspecified atom stereocenters. The Kier molecular flexibility index (Phi) is 7.53. The van der Waals surface area contributed by atoms with Gasteiger partial charge in [0.15, 0.2) is 0 Å². The van der Waals surface area contributed by atoms with Crippen LogP contribution in [-0.4, -0.2) is 56.7 Å². The van der Waals surface area contributed by atoms with Crippen molar-refractivity contribution in [2.45, 2.75) is 25.3 Å². The van der Waals surface area contributed by atoms with Gasteiger partial charge in [-0.3, -0.25) is 4.79 Å². The number of rotatable bonds is 8. The summed E-state index contributed by atoms with van der Waals surface area (Å²) in [6.45, 7) is 4.69. The van der Waals surface area contributed by atoms with Crippen LogP contribution in [0.15, 0.2) is 53.4 Å². The van der Waals surface area contributed by atoms with E-state index in [0.717, 1.165) is 5.56 Å². The highest BCUT2D eigenvalue weighted by atomic mass is 32.2. The predicted octanol–water partition coefficient (Wildman–Crippen LogP) is 2.78. The average Bonchev–Trinajstić information content (AvgIpc) is 2.73. The van der Waals surface area contributed by atoms with Gasteiger partial charge in [-0.2, -0.15) is 4.31 Å². The van der Waals surface area contributed by atoms with Crippen LogP contribution in [0.1, 0.15) is 40.1 Å². The number of esters is 1. The second-order valence-electron chi connectivity index (χ2n) is 6.46. The lowest BCUT2D eigenvalue weighted by Crippen LogP contribution is -2.30. The Morgan fingerprint density at radius 2 is 1.41 bits per heavy atom. The lowest BCUT2D eigenvalue weighted by molar-refractivity contribution is 0.0600. The third-order valence-corrected chi connectivity index (χ3v) is 6.65. The molecule has 0 radical (unpaired) electrons. The lowest BCUT2D eigenvalue weighted by atomic mass is 10.1. The zero-order valence-corrected chi connectivity index (χ0v) is 17.9. The Morgan fingerprint density at radius 1 is 0.897 bits per heavy atom. The highest BCUT2D eigenvalue weighted by molar-refractivity contribution is 7.89. The number of sulfonamides is 1. The van der Waals surface area contributed by atoms with E-state index in [-0.39, 0.29) is 10.8 Å². The van der Waals surface area contributed by atoms with E-state index in [9.17, 15) is 18.0 Å². The van der Waals surface area contributed by atoms with E-state index >= 15 is 0 Å². The molecule has 0 spiro atoms. The molecule has 0 bridgehead atoms. The fourth-order valence-corrected chi connectivity index (χ4v) is 4.37. The number of nitrogens with zero attached hydrogens (tertiary/aromatic N) is 2. The Hall–Kier alpha value is -2.71. The zero-order valence-electron chi connectivity index (χ0n) is 17.1. The number of hydrogen-bond acceptors (Lipinski definition) is 5. The molecule has 0 fully saturated rings. The first kappa shape index (κ1) is 22.6. The van der Waals surface area contributed by atoms with Crippen LogP contribution in [0.2, 0.25) is 0 Å². The molecule has 2 aromatic carbocycles. The van der Waals surface area contributed by atoms with Crippen molar-refractivity contribution in [3.63, 3.8) is 0 Å². The number of hydrogen-bond donors (Lipinski definition) is 0. The third kappa shape index (κ3) is 5.21. The molecule has 156 valence electrons. The Labute approximate surface area is 171 Å². The van der Waals surface area contributed by atoms with Gasteiger partial charge in [0, 0.05) is 32.2 Å². The molecule has 0 atom stereocenters. The van der Waals surface area contributed by atoms with E-state index < -0.39 is 16.0 Å². The molecule has 2 aromatic rings. The molecule has 7 nitrogen and oxygen atoms in total. The number of carbonyl (C=O) groups excluding carboxylic acids is 2. The molecular weight excluding hydrogens is 392 g/mol. The molecule has 0 saturated heterocycles. The van der Waals surface area contributed by atoms with Crippen molar-refractivity contribution in [3.05, 3.63) is 65.2 Å². The van der Waals surface area contributed by atoms with Gasteiger partial charge in [-0.15, -0.1) is 0 Å². The predicted molar refractivity (Wildman–Crippen MR) is 110 cm³/mol. The number of benzene rings is 2. The number of carbonyl (C=O) groups is 2. The average molecular weight is 419 g/mol. The summed E-state index contributed by atoms with van der Waals surface area (Å²) in [5.74, 6) is -0.644. The Morgan fingerprint density at radius 3 is 1.90 bits per heavy atom. The number of amides is 1. The summed E-state index contributed by atoms with van der Waals surface area (Å²) in [7, 11) is -0.571. The summed E-state index contributed by atoms with van der Waals surface area (Å²) in [6, 6.07) is 12.8. The van der Waals surface area contributed by atoms with E-state index in [0.29, 0.717) is 30.8 Å². The van der Waals surface area contributed by atoms with Gasteiger partial charge < -0.3 is 9.64 Å². The van der Waals surface area contributed by atoms with Gasteiger partial charge in [-0.25, -0.2) is 13.2 Å². The molecule has 0 aliphatic heterocycles. The second-order valence-corrected chi connectivity index (χ2v) is 8.40. The summed E-state index contributed by atoms with van der Waals surface area (Å²) >= 11 is 0. The molecule has 0 aliphatic carbocycles. The maximum Gasteiger partial charge on any atom is 0.337 e. The van der Waals surface area contributed by atoms with Crippen LogP contribution >= 0.6 is 0 Å². The minimum absolute atomic E-state index is 0.166. The maximum atomic E-state index is 12.7. The topological polar surface area (TPSA) is 84.0 Å². The summed E-state index contributed by atoms with van der Waals surface area (Å²) in [4.78, 5) is 25.9. The first-order chi connectivity index (χ1) is 13.7. The summed E-state index contributed by atoms with van der Waals surface area (Å²) in [5, 5.41) is 0. The summed E-state index contributed by atoms with van der Waals surface area (Å²) in [5.41, 5.74) is 1.70. The second kappa shape index (κ2) is 9.67. The van der Waals surface area contributed by atoms with Gasteiger partial charge in [0.1, 0.15) is 0 Å². The van der Waals surface area contributed by atoms with Crippen molar-refractivity contribution in [1.82, 2.24) is 9.21 Å². The largest absolute Gasteiger partial charge is 0.465 e. The first-order valence-corrected chi connectivity index (χ1v) is 10.7. The van der Waals surface area contributed by atoms with E-state index in [1.807, 2.05) is 0 Å². The van der Waals surface area contributed by atoms with Crippen LogP contribution in [0.5, 0.6) is 0 Å². The van der Waals surface area contributed by atoms with Gasteiger partial charge in [0.25, 0.3) is 5.91 Å². The first-order valence-electron chi connectivity index (χ1n) is 9.27. The maximum absolute atomic E-state index is 12.7. The molecule has 0 saturated carbocycles. The SMILES string of the molecule is CCN(CC)S(=O)(=O)c1ccc(C(=O)N(C)Cc2ccc(C(=O)OC)cc2)cc1. The van der Waals surface area contributed by atoms with Gasteiger partial charge in [0.2, 0.25) is 10.0 Å². The fraction of sp³-hybridized carbons (Fsp3) is 0.333. The van der Waals surface area contributed by atoms with Gasteiger partial charge in [-0.05, 0) is 42.0 Å².